The summed E-state index contributed by atoms with van der Waals surface area (Å²) in [6, 6.07) is 14.4. The summed E-state index contributed by atoms with van der Waals surface area (Å²) in [6.45, 7) is 3.10. The summed E-state index contributed by atoms with van der Waals surface area (Å²) in [5.41, 5.74) is 1.66. The Morgan fingerprint density at radius 1 is 1.25 bits per heavy atom. The second-order valence-electron chi connectivity index (χ2n) is 6.35. The van der Waals surface area contributed by atoms with Gasteiger partial charge in [0.15, 0.2) is 0 Å². The predicted octanol–water partition coefficient (Wildman–Crippen LogP) is 2.72. The molecule has 5 nitrogen and oxygen atoms in total. The molecule has 1 aromatic carbocycles. The number of carbonyl (C=O) groups excluding carboxylic acids is 1. The van der Waals surface area contributed by atoms with Gasteiger partial charge in [-0.1, -0.05) is 18.2 Å². The molecule has 1 saturated heterocycles. The van der Waals surface area contributed by atoms with Crippen LogP contribution in [0, 0.1) is 0 Å². The average molecular weight is 324 g/mol. The summed E-state index contributed by atoms with van der Waals surface area (Å²) in [6.07, 6.45) is 3.58. The van der Waals surface area contributed by atoms with Crippen LogP contribution in [0.25, 0.3) is 0 Å². The zero-order chi connectivity index (χ0) is 16.9. The zero-order valence-electron chi connectivity index (χ0n) is 14.2. The highest BCUT2D eigenvalue weighted by Gasteiger charge is 2.20. The van der Waals surface area contributed by atoms with Crippen molar-refractivity contribution in [3.8, 4) is 0 Å². The lowest BCUT2D eigenvalue weighted by atomic mass is 10.0. The molecule has 2 atom stereocenters. The topological polar surface area (TPSA) is 57.3 Å². The van der Waals surface area contributed by atoms with Gasteiger partial charge in [-0.25, -0.2) is 4.98 Å². The number of nitrogens with zero attached hydrogens (tertiary/aromatic N) is 2. The molecular weight excluding hydrogens is 300 g/mol. The lowest BCUT2D eigenvalue weighted by molar-refractivity contribution is 0.0925. The minimum absolute atomic E-state index is 0.0458. The van der Waals surface area contributed by atoms with Crippen molar-refractivity contribution < 1.29 is 4.79 Å². The van der Waals surface area contributed by atoms with Crippen molar-refractivity contribution in [1.82, 2.24) is 15.6 Å². The number of para-hydroxylation sites is 1. The van der Waals surface area contributed by atoms with E-state index in [9.17, 15) is 4.79 Å². The number of aromatic nitrogens is 1. The quantitative estimate of drug-likeness (QED) is 0.908. The summed E-state index contributed by atoms with van der Waals surface area (Å²) < 4.78 is 0. The molecule has 2 unspecified atom stereocenters. The first-order valence-electron chi connectivity index (χ1n) is 8.42. The van der Waals surface area contributed by atoms with Gasteiger partial charge in [0.1, 0.15) is 5.82 Å². The van der Waals surface area contributed by atoms with Crippen molar-refractivity contribution in [2.45, 2.75) is 31.8 Å². The molecule has 5 heteroatoms. The number of anilines is 2. The highest BCUT2D eigenvalue weighted by atomic mass is 16.1. The molecule has 2 heterocycles. The van der Waals surface area contributed by atoms with Crippen molar-refractivity contribution in [2.75, 3.05) is 18.5 Å². The maximum absolute atomic E-state index is 12.4. The van der Waals surface area contributed by atoms with E-state index in [-0.39, 0.29) is 11.9 Å². The third kappa shape index (κ3) is 3.92. The fourth-order valence-corrected chi connectivity index (χ4v) is 3.03. The summed E-state index contributed by atoms with van der Waals surface area (Å²) >= 11 is 0. The second kappa shape index (κ2) is 7.45. The summed E-state index contributed by atoms with van der Waals surface area (Å²) in [5, 5.41) is 6.50. The van der Waals surface area contributed by atoms with Gasteiger partial charge in [0.05, 0.1) is 5.56 Å². The molecule has 24 heavy (non-hydrogen) atoms. The smallest absolute Gasteiger partial charge is 0.253 e. The van der Waals surface area contributed by atoms with Crippen molar-refractivity contribution >= 4 is 17.4 Å². The second-order valence-corrected chi connectivity index (χ2v) is 6.35. The van der Waals surface area contributed by atoms with Gasteiger partial charge < -0.3 is 15.5 Å². The van der Waals surface area contributed by atoms with E-state index in [2.05, 4.69) is 22.5 Å². The number of rotatable bonds is 4. The molecule has 0 aliphatic carbocycles. The highest BCUT2D eigenvalue weighted by Crippen LogP contribution is 2.21. The SMILES string of the molecule is CC1CC(NC(=O)c2ccc(N(C)c3ccccc3)nc2)CCN1. The number of amides is 1. The van der Waals surface area contributed by atoms with Gasteiger partial charge in [-0.2, -0.15) is 0 Å². The maximum Gasteiger partial charge on any atom is 0.253 e. The van der Waals surface area contributed by atoms with Crippen molar-refractivity contribution in [3.63, 3.8) is 0 Å². The molecule has 3 rings (SSSR count). The minimum Gasteiger partial charge on any atom is -0.349 e. The number of benzene rings is 1. The number of hydrogen-bond donors (Lipinski definition) is 2. The standard InChI is InChI=1S/C19H24N4O/c1-14-12-16(10-11-20-14)22-19(24)15-8-9-18(21-13-15)23(2)17-6-4-3-5-7-17/h3-9,13-14,16,20H,10-12H2,1-2H3,(H,22,24). The number of piperidine rings is 1. The van der Waals surface area contributed by atoms with E-state index >= 15 is 0 Å². The Labute approximate surface area is 143 Å². The monoisotopic (exact) mass is 324 g/mol. The first kappa shape index (κ1) is 16.5. The molecule has 2 N–H and O–H groups in total. The van der Waals surface area contributed by atoms with Crippen molar-refractivity contribution in [2.24, 2.45) is 0 Å². The molecule has 2 aromatic rings. The van der Waals surface area contributed by atoms with Crippen molar-refractivity contribution in [3.05, 3.63) is 54.2 Å². The van der Waals surface area contributed by atoms with Gasteiger partial charge in [-0.3, -0.25) is 4.79 Å². The van der Waals surface area contributed by atoms with Crippen LogP contribution in [0.2, 0.25) is 0 Å². The third-order valence-electron chi connectivity index (χ3n) is 4.46. The molecule has 0 saturated carbocycles. The maximum atomic E-state index is 12.4. The van der Waals surface area contributed by atoms with E-state index in [4.69, 9.17) is 0 Å². The predicted molar refractivity (Wildman–Crippen MR) is 96.7 cm³/mol. The van der Waals surface area contributed by atoms with E-state index in [0.717, 1.165) is 30.9 Å². The Hall–Kier alpha value is -2.40. The molecule has 1 aromatic heterocycles. The Morgan fingerprint density at radius 3 is 2.71 bits per heavy atom. The lowest BCUT2D eigenvalue weighted by Gasteiger charge is -2.28. The molecule has 0 spiro atoms. The molecule has 1 amide bonds. The number of pyridine rings is 1. The van der Waals surface area contributed by atoms with Crippen LogP contribution in [0.15, 0.2) is 48.7 Å². The van der Waals surface area contributed by atoms with E-state index in [1.807, 2.05) is 54.4 Å². The molecule has 0 radical (unpaired) electrons. The zero-order valence-corrected chi connectivity index (χ0v) is 14.2. The molecule has 126 valence electrons. The van der Waals surface area contributed by atoms with Crippen molar-refractivity contribution in [1.29, 1.82) is 0 Å². The normalized spacial score (nSPS) is 20.4. The van der Waals surface area contributed by atoms with Crippen LogP contribution >= 0.6 is 0 Å². The molecule has 1 fully saturated rings. The van der Waals surface area contributed by atoms with Gasteiger partial charge in [0.2, 0.25) is 0 Å². The van der Waals surface area contributed by atoms with Crippen LogP contribution in [0.5, 0.6) is 0 Å². The summed E-state index contributed by atoms with van der Waals surface area (Å²) in [5.74, 6) is 0.767. The fourth-order valence-electron chi connectivity index (χ4n) is 3.03. The van der Waals surface area contributed by atoms with Gasteiger partial charge in [0, 0.05) is 31.0 Å². The lowest BCUT2D eigenvalue weighted by Crippen LogP contribution is -2.46. The van der Waals surface area contributed by atoms with Gasteiger partial charge in [-0.05, 0) is 50.6 Å². The van der Waals surface area contributed by atoms with E-state index in [1.54, 1.807) is 6.20 Å². The van der Waals surface area contributed by atoms with Crippen LogP contribution in [0.1, 0.15) is 30.1 Å². The van der Waals surface area contributed by atoms with Crippen LogP contribution in [-0.2, 0) is 0 Å². The van der Waals surface area contributed by atoms with Crippen LogP contribution in [-0.4, -0.2) is 36.6 Å². The molecule has 1 aliphatic heterocycles. The van der Waals surface area contributed by atoms with E-state index < -0.39 is 0 Å². The third-order valence-corrected chi connectivity index (χ3v) is 4.46. The number of nitrogens with one attached hydrogen (secondary N) is 2. The molecule has 1 aliphatic rings. The Bertz CT molecular complexity index is 672. The minimum atomic E-state index is -0.0458. The Morgan fingerprint density at radius 2 is 2.04 bits per heavy atom. The van der Waals surface area contributed by atoms with Gasteiger partial charge in [-0.15, -0.1) is 0 Å². The molecule has 0 bridgehead atoms. The summed E-state index contributed by atoms with van der Waals surface area (Å²) in [4.78, 5) is 18.8. The van der Waals surface area contributed by atoms with Gasteiger partial charge in [0.25, 0.3) is 5.91 Å². The Kier molecular flexibility index (Phi) is 5.11. The Balaban J connectivity index is 1.64. The van der Waals surface area contributed by atoms with E-state index in [0.29, 0.717) is 11.6 Å². The largest absolute Gasteiger partial charge is 0.349 e. The number of carbonyl (C=O) groups is 1. The van der Waals surface area contributed by atoms with Crippen LogP contribution in [0.3, 0.4) is 0 Å². The highest BCUT2D eigenvalue weighted by molar-refractivity contribution is 5.94. The summed E-state index contributed by atoms with van der Waals surface area (Å²) in [7, 11) is 1.97. The van der Waals surface area contributed by atoms with Crippen LogP contribution < -0.4 is 15.5 Å². The fraction of sp³-hybridized carbons (Fsp3) is 0.368. The number of hydrogen-bond acceptors (Lipinski definition) is 4. The van der Waals surface area contributed by atoms with Crippen LogP contribution in [0.4, 0.5) is 11.5 Å². The van der Waals surface area contributed by atoms with Gasteiger partial charge >= 0.3 is 0 Å². The first-order valence-corrected chi connectivity index (χ1v) is 8.42. The first-order chi connectivity index (χ1) is 11.6. The average Bonchev–Trinajstić information content (AvgIpc) is 2.62. The molecular formula is C19H24N4O. The van der Waals surface area contributed by atoms with E-state index in [1.165, 1.54) is 0 Å².